The van der Waals surface area contributed by atoms with Crippen molar-refractivity contribution in [3.63, 3.8) is 0 Å². The zero-order valence-electron chi connectivity index (χ0n) is 18.8. The summed E-state index contributed by atoms with van der Waals surface area (Å²) in [6.45, 7) is 7.04. The maximum atomic E-state index is 13.3. The number of nitrogens with one attached hydrogen (secondary N) is 1. The maximum absolute atomic E-state index is 13.3. The van der Waals surface area contributed by atoms with E-state index in [2.05, 4.69) is 34.5 Å². The number of para-hydroxylation sites is 1. The number of amides is 2. The van der Waals surface area contributed by atoms with Gasteiger partial charge in [-0.1, -0.05) is 42.5 Å². The van der Waals surface area contributed by atoms with Crippen molar-refractivity contribution in [2.24, 2.45) is 0 Å². The third-order valence-corrected chi connectivity index (χ3v) is 6.88. The summed E-state index contributed by atoms with van der Waals surface area (Å²) in [6.07, 6.45) is 2.13. The minimum Gasteiger partial charge on any atom is -0.336 e. The fourth-order valence-corrected chi connectivity index (χ4v) is 5.11. The molecule has 1 aliphatic carbocycles. The normalized spacial score (nSPS) is 15.9. The Morgan fingerprint density at radius 3 is 2.22 bits per heavy atom. The van der Waals surface area contributed by atoms with Crippen LogP contribution >= 0.6 is 0 Å². The molecule has 2 aliphatic rings. The second kappa shape index (κ2) is 8.40. The van der Waals surface area contributed by atoms with Gasteiger partial charge < -0.3 is 10.2 Å². The molecule has 32 heavy (non-hydrogen) atoms. The summed E-state index contributed by atoms with van der Waals surface area (Å²) in [5.41, 5.74) is 6.55. The standard InChI is InChI=1S/C27H29N3O2/c1-18-5-3-6-19(2)26(18)28-24(31)17-29-13-15-30(16-14-29)27(32)23-12-11-21-10-9-20-7-4-8-22(23)25(20)21/h3-8,11-12H,9-10,13-17H2,1-2H3,(H,28,31). The number of anilines is 1. The third-order valence-electron chi connectivity index (χ3n) is 6.88. The third kappa shape index (κ3) is 3.78. The van der Waals surface area contributed by atoms with Gasteiger partial charge >= 0.3 is 0 Å². The summed E-state index contributed by atoms with van der Waals surface area (Å²) in [7, 11) is 0. The van der Waals surface area contributed by atoms with Crippen LogP contribution < -0.4 is 5.32 Å². The number of carbonyl (C=O) groups is 2. The van der Waals surface area contributed by atoms with Gasteiger partial charge in [-0.25, -0.2) is 0 Å². The minimum absolute atomic E-state index is 0.00493. The van der Waals surface area contributed by atoms with Gasteiger partial charge in [0.05, 0.1) is 6.54 Å². The van der Waals surface area contributed by atoms with Crippen LogP contribution in [0.25, 0.3) is 10.8 Å². The molecule has 1 N–H and O–H groups in total. The van der Waals surface area contributed by atoms with E-state index in [1.807, 2.05) is 43.0 Å². The van der Waals surface area contributed by atoms with Crippen LogP contribution in [0.3, 0.4) is 0 Å². The van der Waals surface area contributed by atoms with Gasteiger partial charge in [0.25, 0.3) is 5.91 Å². The molecule has 5 heteroatoms. The topological polar surface area (TPSA) is 52.7 Å². The van der Waals surface area contributed by atoms with Crippen LogP contribution in [0.4, 0.5) is 5.69 Å². The molecule has 1 fully saturated rings. The van der Waals surface area contributed by atoms with Crippen LogP contribution in [-0.2, 0) is 17.6 Å². The lowest BCUT2D eigenvalue weighted by Crippen LogP contribution is -2.50. The van der Waals surface area contributed by atoms with E-state index >= 15 is 0 Å². The van der Waals surface area contributed by atoms with Crippen LogP contribution in [0.1, 0.15) is 32.6 Å². The summed E-state index contributed by atoms with van der Waals surface area (Å²) in [5.74, 6) is 0.0925. The van der Waals surface area contributed by atoms with Crippen molar-refractivity contribution < 1.29 is 9.59 Å². The fraction of sp³-hybridized carbons (Fsp3) is 0.333. The second-order valence-corrected chi connectivity index (χ2v) is 9.00. The van der Waals surface area contributed by atoms with E-state index in [1.54, 1.807) is 0 Å². The molecule has 0 atom stereocenters. The zero-order valence-corrected chi connectivity index (χ0v) is 18.8. The lowest BCUT2D eigenvalue weighted by Gasteiger charge is -2.34. The molecule has 2 amide bonds. The molecule has 0 saturated carbocycles. The first-order valence-electron chi connectivity index (χ1n) is 11.4. The number of hydrogen-bond acceptors (Lipinski definition) is 3. The molecule has 1 aliphatic heterocycles. The molecule has 5 rings (SSSR count). The number of rotatable bonds is 4. The zero-order chi connectivity index (χ0) is 22.2. The molecule has 0 bridgehead atoms. The quantitative estimate of drug-likeness (QED) is 0.686. The molecule has 5 nitrogen and oxygen atoms in total. The average molecular weight is 428 g/mol. The van der Waals surface area contributed by atoms with Crippen LogP contribution in [0, 0.1) is 13.8 Å². The Morgan fingerprint density at radius 2 is 1.50 bits per heavy atom. The highest BCUT2D eigenvalue weighted by atomic mass is 16.2. The maximum Gasteiger partial charge on any atom is 0.254 e. The molecule has 1 saturated heterocycles. The summed E-state index contributed by atoms with van der Waals surface area (Å²) in [4.78, 5) is 30.0. The van der Waals surface area contributed by atoms with Crippen LogP contribution in [0.5, 0.6) is 0 Å². The molecule has 1 heterocycles. The van der Waals surface area contributed by atoms with E-state index in [9.17, 15) is 9.59 Å². The number of aryl methyl sites for hydroxylation is 4. The second-order valence-electron chi connectivity index (χ2n) is 9.00. The van der Waals surface area contributed by atoms with Crippen molar-refractivity contribution in [1.29, 1.82) is 0 Å². The number of nitrogens with zero attached hydrogens (tertiary/aromatic N) is 2. The van der Waals surface area contributed by atoms with Crippen molar-refractivity contribution >= 4 is 28.3 Å². The molecule has 0 spiro atoms. The summed E-state index contributed by atoms with van der Waals surface area (Å²) >= 11 is 0. The van der Waals surface area contributed by atoms with Gasteiger partial charge in [0.1, 0.15) is 0 Å². The van der Waals surface area contributed by atoms with E-state index < -0.39 is 0 Å². The van der Waals surface area contributed by atoms with Crippen molar-refractivity contribution in [3.8, 4) is 0 Å². The Labute approximate surface area is 189 Å². The van der Waals surface area contributed by atoms with Crippen LogP contribution in [-0.4, -0.2) is 54.3 Å². The molecule has 0 radical (unpaired) electrons. The first-order chi connectivity index (χ1) is 15.5. The lowest BCUT2D eigenvalue weighted by atomic mass is 9.99. The predicted molar refractivity (Wildman–Crippen MR) is 128 cm³/mol. The summed E-state index contributed by atoms with van der Waals surface area (Å²) < 4.78 is 0. The van der Waals surface area contributed by atoms with Crippen molar-refractivity contribution in [3.05, 3.63) is 76.3 Å². The number of benzene rings is 3. The van der Waals surface area contributed by atoms with Gasteiger partial charge in [-0.05, 0) is 65.8 Å². The highest BCUT2D eigenvalue weighted by Crippen LogP contribution is 2.33. The molecule has 3 aromatic rings. The predicted octanol–water partition coefficient (Wildman–Crippen LogP) is 3.95. The summed E-state index contributed by atoms with van der Waals surface area (Å²) in [5, 5.41) is 5.42. The van der Waals surface area contributed by atoms with E-state index in [0.717, 1.165) is 40.6 Å². The smallest absolute Gasteiger partial charge is 0.254 e. The van der Waals surface area contributed by atoms with E-state index in [4.69, 9.17) is 0 Å². The highest BCUT2D eigenvalue weighted by Gasteiger charge is 2.26. The van der Waals surface area contributed by atoms with Crippen molar-refractivity contribution in [2.75, 3.05) is 38.0 Å². The summed E-state index contributed by atoms with van der Waals surface area (Å²) in [6, 6.07) is 16.5. The Morgan fingerprint density at radius 1 is 0.844 bits per heavy atom. The van der Waals surface area contributed by atoms with Crippen molar-refractivity contribution in [1.82, 2.24) is 9.80 Å². The highest BCUT2D eigenvalue weighted by molar-refractivity contribution is 6.09. The van der Waals surface area contributed by atoms with Gasteiger partial charge in [0, 0.05) is 37.4 Å². The van der Waals surface area contributed by atoms with Gasteiger partial charge in [0.15, 0.2) is 0 Å². The average Bonchev–Trinajstić information content (AvgIpc) is 3.22. The Bertz CT molecular complexity index is 1180. The molecule has 0 unspecified atom stereocenters. The van der Waals surface area contributed by atoms with Gasteiger partial charge in [0.2, 0.25) is 5.91 Å². The van der Waals surface area contributed by atoms with E-state index in [0.29, 0.717) is 32.7 Å². The lowest BCUT2D eigenvalue weighted by molar-refractivity contribution is -0.117. The molecular formula is C27H29N3O2. The van der Waals surface area contributed by atoms with Gasteiger partial charge in [-0.3, -0.25) is 14.5 Å². The monoisotopic (exact) mass is 427 g/mol. The van der Waals surface area contributed by atoms with Gasteiger partial charge in [-0.15, -0.1) is 0 Å². The number of hydrogen-bond donors (Lipinski definition) is 1. The fourth-order valence-electron chi connectivity index (χ4n) is 5.11. The Hall–Kier alpha value is -3.18. The van der Waals surface area contributed by atoms with Crippen LogP contribution in [0.15, 0.2) is 48.5 Å². The molecule has 0 aromatic heterocycles. The molecule has 3 aromatic carbocycles. The van der Waals surface area contributed by atoms with Gasteiger partial charge in [-0.2, -0.15) is 0 Å². The molecule has 164 valence electrons. The minimum atomic E-state index is -0.00493. The number of carbonyl (C=O) groups excluding carboxylic acids is 2. The first-order valence-corrected chi connectivity index (χ1v) is 11.4. The first kappa shape index (κ1) is 20.7. The Kier molecular flexibility index (Phi) is 5.43. The molecular weight excluding hydrogens is 398 g/mol. The van der Waals surface area contributed by atoms with Crippen LogP contribution in [0.2, 0.25) is 0 Å². The SMILES string of the molecule is Cc1cccc(C)c1NC(=O)CN1CCN(C(=O)c2ccc3c4c(cccc24)CC3)CC1. The van der Waals surface area contributed by atoms with Crippen molar-refractivity contribution in [2.45, 2.75) is 26.7 Å². The number of piperazine rings is 1. The largest absolute Gasteiger partial charge is 0.336 e. The van der Waals surface area contributed by atoms with E-state index in [1.165, 1.54) is 16.5 Å². The Balaban J connectivity index is 1.22. The van der Waals surface area contributed by atoms with E-state index in [-0.39, 0.29) is 11.8 Å².